The number of ether oxygens (including phenoxy) is 2. The number of carbonyl (C=O) groups excluding carboxylic acids is 1. The molecule has 3 rings (SSSR count). The van der Waals surface area contributed by atoms with Crippen molar-refractivity contribution in [2.24, 2.45) is 5.10 Å². The third-order valence-corrected chi connectivity index (χ3v) is 3.24. The molecule has 3 aromatic rings. The smallest absolute Gasteiger partial charge is 0.343 e. The van der Waals surface area contributed by atoms with Crippen LogP contribution in [0.5, 0.6) is 5.75 Å². The van der Waals surface area contributed by atoms with Crippen LogP contribution in [-0.4, -0.2) is 35.9 Å². The van der Waals surface area contributed by atoms with Gasteiger partial charge in [-0.25, -0.2) is 15.2 Å². The maximum atomic E-state index is 11.0. The number of hydrazone groups is 1. The van der Waals surface area contributed by atoms with Gasteiger partial charge in [-0.3, -0.25) is 0 Å². The van der Waals surface area contributed by atoms with Crippen molar-refractivity contribution in [1.29, 1.82) is 0 Å². The molecule has 0 fully saturated rings. The second-order valence-electron chi connectivity index (χ2n) is 4.91. The number of anilines is 1. The topological polar surface area (TPSA) is 88.6 Å². The summed E-state index contributed by atoms with van der Waals surface area (Å²) in [7, 11) is 1.32. The second kappa shape index (κ2) is 7.28. The minimum atomic E-state index is -0.421. The number of aromatic nitrogens is 2. The molecular formula is C17H16N4O3. The first-order valence-electron chi connectivity index (χ1n) is 7.28. The molecule has 0 radical (unpaired) electrons. The number of imidazole rings is 1. The predicted octanol–water partition coefficient (Wildman–Crippen LogP) is 2.56. The van der Waals surface area contributed by atoms with E-state index in [0.717, 1.165) is 16.6 Å². The molecule has 0 aliphatic rings. The van der Waals surface area contributed by atoms with Crippen molar-refractivity contribution in [3.05, 3.63) is 54.1 Å². The first kappa shape index (κ1) is 15.5. The lowest BCUT2D eigenvalue weighted by Crippen LogP contribution is -2.12. The first-order valence-corrected chi connectivity index (χ1v) is 7.28. The van der Waals surface area contributed by atoms with Gasteiger partial charge in [-0.05, 0) is 42.0 Å². The standard InChI is InChI=1S/C17H16N4O3/c1-23-16(22)11-24-13-8-6-12(7-9-13)10-18-21-17-19-14-4-2-3-5-15(14)20-17/h2-10H,11H2,1H3,(H2,19,20,21)/b18-10+. The molecule has 122 valence electrons. The highest BCUT2D eigenvalue weighted by Crippen LogP contribution is 2.13. The van der Waals surface area contributed by atoms with Gasteiger partial charge in [0, 0.05) is 0 Å². The predicted molar refractivity (Wildman–Crippen MR) is 91.3 cm³/mol. The lowest BCUT2D eigenvalue weighted by atomic mass is 10.2. The Bertz CT molecular complexity index is 823. The van der Waals surface area contributed by atoms with E-state index in [-0.39, 0.29) is 6.61 Å². The number of rotatable bonds is 6. The number of benzene rings is 2. The molecule has 2 aromatic carbocycles. The van der Waals surface area contributed by atoms with Crippen LogP contribution >= 0.6 is 0 Å². The SMILES string of the molecule is COC(=O)COc1ccc(/C=N/Nc2nc3ccccc3[nH]2)cc1. The number of hydrogen-bond donors (Lipinski definition) is 2. The summed E-state index contributed by atoms with van der Waals surface area (Å²) in [6.45, 7) is -0.114. The van der Waals surface area contributed by atoms with Gasteiger partial charge in [0.25, 0.3) is 0 Å². The highest BCUT2D eigenvalue weighted by molar-refractivity contribution is 5.81. The van der Waals surface area contributed by atoms with Gasteiger partial charge in [0.05, 0.1) is 24.4 Å². The van der Waals surface area contributed by atoms with E-state index in [2.05, 4.69) is 25.2 Å². The van der Waals surface area contributed by atoms with Crippen molar-refractivity contribution < 1.29 is 14.3 Å². The van der Waals surface area contributed by atoms with Crippen LogP contribution in [-0.2, 0) is 9.53 Å². The van der Waals surface area contributed by atoms with Gasteiger partial charge < -0.3 is 14.5 Å². The van der Waals surface area contributed by atoms with Crippen molar-refractivity contribution >= 4 is 29.2 Å². The summed E-state index contributed by atoms with van der Waals surface area (Å²) in [5.41, 5.74) is 5.56. The number of nitrogens with one attached hydrogen (secondary N) is 2. The molecule has 7 heteroatoms. The van der Waals surface area contributed by atoms with E-state index in [1.807, 2.05) is 36.4 Å². The van der Waals surface area contributed by atoms with Crippen LogP contribution in [0.4, 0.5) is 5.95 Å². The summed E-state index contributed by atoms with van der Waals surface area (Å²) in [4.78, 5) is 18.5. The zero-order valence-electron chi connectivity index (χ0n) is 13.0. The first-order chi connectivity index (χ1) is 11.7. The number of methoxy groups -OCH3 is 1. The van der Waals surface area contributed by atoms with Crippen LogP contribution in [0.25, 0.3) is 11.0 Å². The normalized spacial score (nSPS) is 10.9. The Labute approximate surface area is 138 Å². The Morgan fingerprint density at radius 3 is 2.79 bits per heavy atom. The number of nitrogens with zero attached hydrogens (tertiary/aromatic N) is 2. The Balaban J connectivity index is 1.57. The number of hydrogen-bond acceptors (Lipinski definition) is 6. The summed E-state index contributed by atoms with van der Waals surface area (Å²) >= 11 is 0. The van der Waals surface area contributed by atoms with Crippen LogP contribution in [0.15, 0.2) is 53.6 Å². The van der Waals surface area contributed by atoms with E-state index in [0.29, 0.717) is 11.7 Å². The van der Waals surface area contributed by atoms with E-state index in [1.54, 1.807) is 18.3 Å². The molecule has 0 atom stereocenters. The molecule has 0 aliphatic heterocycles. The van der Waals surface area contributed by atoms with Crippen LogP contribution in [0, 0.1) is 0 Å². The molecule has 0 amide bonds. The maximum Gasteiger partial charge on any atom is 0.343 e. The third kappa shape index (κ3) is 3.89. The second-order valence-corrected chi connectivity index (χ2v) is 4.91. The summed E-state index contributed by atoms with van der Waals surface area (Å²) in [6, 6.07) is 14.9. The van der Waals surface area contributed by atoms with Gasteiger partial charge in [0.1, 0.15) is 5.75 Å². The maximum absolute atomic E-state index is 11.0. The molecule has 0 saturated carbocycles. The van der Waals surface area contributed by atoms with Crippen LogP contribution in [0.2, 0.25) is 0 Å². The number of fused-ring (bicyclic) bond motifs is 1. The number of H-pyrrole nitrogens is 1. The lowest BCUT2D eigenvalue weighted by molar-refractivity contribution is -0.142. The van der Waals surface area contributed by atoms with Crippen molar-refractivity contribution in [3.63, 3.8) is 0 Å². The third-order valence-electron chi connectivity index (χ3n) is 3.24. The molecule has 0 saturated heterocycles. The van der Waals surface area contributed by atoms with Crippen molar-refractivity contribution in [2.45, 2.75) is 0 Å². The fraction of sp³-hybridized carbons (Fsp3) is 0.118. The Morgan fingerprint density at radius 1 is 1.25 bits per heavy atom. The van der Waals surface area contributed by atoms with Crippen LogP contribution < -0.4 is 10.2 Å². The Kier molecular flexibility index (Phi) is 4.71. The number of carbonyl (C=O) groups is 1. The number of esters is 1. The molecule has 0 spiro atoms. The molecule has 0 aliphatic carbocycles. The van der Waals surface area contributed by atoms with E-state index in [9.17, 15) is 4.79 Å². The fourth-order valence-electron chi connectivity index (χ4n) is 2.03. The summed E-state index contributed by atoms with van der Waals surface area (Å²) in [5, 5.41) is 4.14. The van der Waals surface area contributed by atoms with Crippen molar-refractivity contribution in [3.8, 4) is 5.75 Å². The number of para-hydroxylation sites is 2. The van der Waals surface area contributed by atoms with Crippen molar-refractivity contribution in [1.82, 2.24) is 9.97 Å². The van der Waals surface area contributed by atoms with Gasteiger partial charge in [-0.1, -0.05) is 12.1 Å². The van der Waals surface area contributed by atoms with Gasteiger partial charge in [0.2, 0.25) is 5.95 Å². The van der Waals surface area contributed by atoms with Gasteiger partial charge >= 0.3 is 5.97 Å². The molecule has 0 unspecified atom stereocenters. The highest BCUT2D eigenvalue weighted by atomic mass is 16.6. The summed E-state index contributed by atoms with van der Waals surface area (Å²) in [6.07, 6.45) is 1.66. The van der Waals surface area contributed by atoms with Gasteiger partial charge in [-0.2, -0.15) is 5.10 Å². The minimum absolute atomic E-state index is 0.114. The van der Waals surface area contributed by atoms with Gasteiger partial charge in [0.15, 0.2) is 6.61 Å². The highest BCUT2D eigenvalue weighted by Gasteiger charge is 2.01. The zero-order chi connectivity index (χ0) is 16.8. The summed E-state index contributed by atoms with van der Waals surface area (Å²) < 4.78 is 9.78. The molecule has 0 bridgehead atoms. The van der Waals surface area contributed by atoms with Gasteiger partial charge in [-0.15, -0.1) is 0 Å². The number of aromatic amines is 1. The molecule has 1 heterocycles. The average Bonchev–Trinajstić information content (AvgIpc) is 3.03. The average molecular weight is 324 g/mol. The fourth-order valence-corrected chi connectivity index (χ4v) is 2.03. The van der Waals surface area contributed by atoms with Crippen molar-refractivity contribution in [2.75, 3.05) is 19.1 Å². The monoisotopic (exact) mass is 324 g/mol. The van der Waals surface area contributed by atoms with Crippen LogP contribution in [0.3, 0.4) is 0 Å². The molecule has 24 heavy (non-hydrogen) atoms. The largest absolute Gasteiger partial charge is 0.482 e. The molecule has 7 nitrogen and oxygen atoms in total. The Morgan fingerprint density at radius 2 is 2.04 bits per heavy atom. The quantitative estimate of drug-likeness (QED) is 0.413. The Hall–Kier alpha value is -3.35. The molecular weight excluding hydrogens is 308 g/mol. The van der Waals surface area contributed by atoms with E-state index in [1.165, 1.54) is 7.11 Å². The summed E-state index contributed by atoms with van der Waals surface area (Å²) in [5.74, 6) is 0.740. The van der Waals surface area contributed by atoms with E-state index < -0.39 is 5.97 Å². The zero-order valence-corrected chi connectivity index (χ0v) is 13.0. The van der Waals surface area contributed by atoms with E-state index in [4.69, 9.17) is 4.74 Å². The lowest BCUT2D eigenvalue weighted by Gasteiger charge is -2.04. The van der Waals surface area contributed by atoms with Crippen LogP contribution in [0.1, 0.15) is 5.56 Å². The molecule has 1 aromatic heterocycles. The minimum Gasteiger partial charge on any atom is -0.482 e. The molecule has 2 N–H and O–H groups in total. The van der Waals surface area contributed by atoms with E-state index >= 15 is 0 Å².